The van der Waals surface area contributed by atoms with Gasteiger partial charge in [-0.1, -0.05) is 189 Å². The summed E-state index contributed by atoms with van der Waals surface area (Å²) in [5.74, 6) is -0.0285. The predicted octanol–water partition coefficient (Wildman–Crippen LogP) is 16.0. The molecule has 0 aromatic rings. The molecule has 378 valence electrons. The van der Waals surface area contributed by atoms with E-state index >= 15 is 0 Å². The Kier molecular flexibility index (Phi) is 24.8. The van der Waals surface area contributed by atoms with Crippen LogP contribution in [-0.4, -0.2) is 51.0 Å². The average molecular weight is 935 g/mol. The van der Waals surface area contributed by atoms with Crippen molar-refractivity contribution in [2.75, 3.05) is 0 Å². The standard InChI is InChI=1S/C62H94O6/c1-12-13-14-15-16-17-18-19-20-21-22-23-24-25-26-27-28-29-30-41-57(65)67-54-46-59(8,9)62(61(11,47-54)68-62)48-55(64)52(5)40-34-39-50(3)36-32-31-35-49(2)37-33-38-51(4)42-43-56-58(6,7)44-53(63)45-60(56,10)66/h16-17,19-20,31-40,42,53-54,63,66H,12-15,18,21-30,41,44-48H2,1-11H3/b17-16-,20-19-,32-31+,37-33+,39-34+,49-35+,50-36+,51-38+,52-40+/t43?,53-,54-,60+,61+,62-/m0/s1. The highest BCUT2D eigenvalue weighted by atomic mass is 16.6. The van der Waals surface area contributed by atoms with E-state index in [-0.39, 0.29) is 28.7 Å². The lowest BCUT2D eigenvalue weighted by molar-refractivity contribution is -0.153. The van der Waals surface area contributed by atoms with Crippen LogP contribution in [0.2, 0.25) is 0 Å². The number of unbranched alkanes of at least 4 members (excludes halogenated alkanes) is 12. The molecule has 6 heteroatoms. The second-order valence-corrected chi connectivity index (χ2v) is 22.1. The Morgan fingerprint density at radius 1 is 0.676 bits per heavy atom. The third-order valence-electron chi connectivity index (χ3n) is 14.4. The molecule has 0 aromatic heterocycles. The van der Waals surface area contributed by atoms with Gasteiger partial charge in [0.05, 0.1) is 17.3 Å². The van der Waals surface area contributed by atoms with Crippen molar-refractivity contribution < 1.29 is 29.3 Å². The zero-order chi connectivity index (χ0) is 50.3. The van der Waals surface area contributed by atoms with Crippen LogP contribution in [0.15, 0.2) is 125 Å². The Hall–Kier alpha value is -3.80. The molecule has 0 spiro atoms. The minimum absolute atomic E-state index is 0.0806. The van der Waals surface area contributed by atoms with Gasteiger partial charge in [0.2, 0.25) is 0 Å². The van der Waals surface area contributed by atoms with Gasteiger partial charge in [0.25, 0.3) is 0 Å². The molecule has 3 rings (SSSR count). The molecule has 3 fully saturated rings. The minimum atomic E-state index is -1.08. The van der Waals surface area contributed by atoms with Gasteiger partial charge in [-0.25, -0.2) is 0 Å². The maximum atomic E-state index is 13.6. The summed E-state index contributed by atoms with van der Waals surface area (Å²) in [6, 6.07) is 0. The van der Waals surface area contributed by atoms with Crippen molar-refractivity contribution in [2.45, 2.75) is 240 Å². The van der Waals surface area contributed by atoms with E-state index in [0.29, 0.717) is 44.1 Å². The second kappa shape index (κ2) is 28.8. The largest absolute Gasteiger partial charge is 0.462 e. The van der Waals surface area contributed by atoms with Gasteiger partial charge in [-0.15, -0.1) is 5.73 Å². The number of epoxide rings is 1. The van der Waals surface area contributed by atoms with Crippen LogP contribution in [0.25, 0.3) is 0 Å². The molecule has 6 nitrogen and oxygen atoms in total. The van der Waals surface area contributed by atoms with E-state index in [9.17, 15) is 19.8 Å². The van der Waals surface area contributed by atoms with Gasteiger partial charge < -0.3 is 19.7 Å². The quantitative estimate of drug-likeness (QED) is 0.0148. The van der Waals surface area contributed by atoms with E-state index in [1.165, 1.54) is 77.0 Å². The SMILES string of the molecule is CCCCC/C=C\C/C=C\CCCCCCCCCCCC(=O)O[C@H]1CC(C)(C)[C@]2(CC(=O)/C(C)=C/C=C/C(C)=C/C=C/C=C(C)/C=C/C=C(\C)C=C=C3C(C)(C)C[C@H](O)C[C@@]3(C)O)O[C@]2(C)C1. The third kappa shape index (κ3) is 19.9. The fraction of sp³-hybridized carbons (Fsp3) is 0.629. The number of esters is 1. The van der Waals surface area contributed by atoms with E-state index in [0.717, 1.165) is 41.6 Å². The number of aliphatic hydroxyl groups excluding tert-OH is 1. The number of carbonyl (C=O) groups is 2. The number of carbonyl (C=O) groups excluding carboxylic acids is 2. The van der Waals surface area contributed by atoms with E-state index in [1.54, 1.807) is 6.92 Å². The van der Waals surface area contributed by atoms with Crippen LogP contribution in [0.5, 0.6) is 0 Å². The first-order valence-electron chi connectivity index (χ1n) is 26.5. The second-order valence-electron chi connectivity index (χ2n) is 22.1. The van der Waals surface area contributed by atoms with Crippen molar-refractivity contribution in [1.29, 1.82) is 0 Å². The number of fused-ring (bicyclic) bond motifs is 1. The fourth-order valence-electron chi connectivity index (χ4n) is 10.6. The molecule has 0 unspecified atom stereocenters. The lowest BCUT2D eigenvalue weighted by atomic mass is 9.61. The minimum Gasteiger partial charge on any atom is -0.462 e. The van der Waals surface area contributed by atoms with Crippen LogP contribution in [0, 0.1) is 10.8 Å². The fourth-order valence-corrected chi connectivity index (χ4v) is 10.6. The molecule has 1 aliphatic heterocycles. The van der Waals surface area contributed by atoms with Crippen molar-refractivity contribution in [1.82, 2.24) is 0 Å². The van der Waals surface area contributed by atoms with Crippen molar-refractivity contribution in [3.63, 3.8) is 0 Å². The smallest absolute Gasteiger partial charge is 0.306 e. The molecule has 2 aliphatic carbocycles. The lowest BCUT2D eigenvalue weighted by Crippen LogP contribution is -2.49. The molecule has 2 saturated carbocycles. The number of rotatable bonds is 29. The van der Waals surface area contributed by atoms with Crippen LogP contribution in [-0.2, 0) is 19.1 Å². The molecule has 5 atom stereocenters. The Morgan fingerprint density at radius 3 is 1.79 bits per heavy atom. The maximum Gasteiger partial charge on any atom is 0.306 e. The monoisotopic (exact) mass is 935 g/mol. The zero-order valence-corrected chi connectivity index (χ0v) is 44.7. The summed E-state index contributed by atoms with van der Waals surface area (Å²) < 4.78 is 12.5. The Labute approximate surface area is 415 Å². The molecule has 68 heavy (non-hydrogen) atoms. The number of ketones is 1. The van der Waals surface area contributed by atoms with Gasteiger partial charge in [-0.05, 0) is 116 Å². The summed E-state index contributed by atoms with van der Waals surface area (Å²) in [6.07, 6.45) is 51.8. The van der Waals surface area contributed by atoms with Crippen molar-refractivity contribution in [3.8, 4) is 0 Å². The van der Waals surface area contributed by atoms with Crippen LogP contribution in [0.4, 0.5) is 0 Å². The van der Waals surface area contributed by atoms with Gasteiger partial charge in [-0.2, -0.15) is 0 Å². The van der Waals surface area contributed by atoms with Crippen molar-refractivity contribution in [3.05, 3.63) is 125 Å². The summed E-state index contributed by atoms with van der Waals surface area (Å²) in [7, 11) is 0. The number of ether oxygens (including phenoxy) is 2. The third-order valence-corrected chi connectivity index (χ3v) is 14.4. The molecule has 0 aromatic carbocycles. The summed E-state index contributed by atoms with van der Waals surface area (Å²) in [4.78, 5) is 26.5. The van der Waals surface area contributed by atoms with Crippen LogP contribution < -0.4 is 0 Å². The molecular weight excluding hydrogens is 841 g/mol. The molecule has 3 aliphatic rings. The number of hydrogen-bond acceptors (Lipinski definition) is 6. The summed E-state index contributed by atoms with van der Waals surface area (Å²) in [5, 5.41) is 21.1. The average Bonchev–Trinajstić information content (AvgIpc) is 3.86. The normalized spacial score (nSPS) is 26.6. The number of aliphatic hydroxyl groups is 2. The predicted molar refractivity (Wildman–Crippen MR) is 286 cm³/mol. The molecule has 1 saturated heterocycles. The van der Waals surface area contributed by atoms with Crippen molar-refractivity contribution in [2.24, 2.45) is 10.8 Å². The number of hydrogen-bond donors (Lipinski definition) is 2. The first kappa shape index (κ1) is 58.5. The molecule has 0 radical (unpaired) electrons. The van der Waals surface area contributed by atoms with Gasteiger partial charge >= 0.3 is 5.97 Å². The zero-order valence-electron chi connectivity index (χ0n) is 44.7. The Morgan fingerprint density at radius 2 is 1.22 bits per heavy atom. The summed E-state index contributed by atoms with van der Waals surface area (Å²) in [5.41, 5.74) is 5.27. The lowest BCUT2D eigenvalue weighted by Gasteiger charge is -2.43. The van der Waals surface area contributed by atoms with E-state index < -0.39 is 22.9 Å². The summed E-state index contributed by atoms with van der Waals surface area (Å²) in [6.45, 7) is 22.5. The maximum absolute atomic E-state index is 13.6. The summed E-state index contributed by atoms with van der Waals surface area (Å²) >= 11 is 0. The highest BCUT2D eigenvalue weighted by Gasteiger charge is 2.76. The highest BCUT2D eigenvalue weighted by Crippen LogP contribution is 2.67. The molecule has 2 N–H and O–H groups in total. The van der Waals surface area contributed by atoms with E-state index in [1.807, 2.05) is 101 Å². The molecule has 1 heterocycles. The van der Waals surface area contributed by atoms with Gasteiger partial charge in [0.1, 0.15) is 11.7 Å². The van der Waals surface area contributed by atoms with E-state index in [2.05, 4.69) is 64.7 Å². The van der Waals surface area contributed by atoms with Crippen LogP contribution >= 0.6 is 0 Å². The van der Waals surface area contributed by atoms with Gasteiger partial charge in [0.15, 0.2) is 5.78 Å². The van der Waals surface area contributed by atoms with Crippen LogP contribution in [0.3, 0.4) is 0 Å². The topological polar surface area (TPSA) is 96.4 Å². The molecule has 0 bridgehead atoms. The van der Waals surface area contributed by atoms with Crippen LogP contribution in [0.1, 0.15) is 211 Å². The number of Topliss-reactive ketones (excluding diaryl/α,β-unsaturated/α-hetero) is 1. The molecule has 0 amide bonds. The first-order chi connectivity index (χ1) is 32.2. The van der Waals surface area contributed by atoms with Crippen molar-refractivity contribution >= 4 is 11.8 Å². The van der Waals surface area contributed by atoms with Gasteiger partial charge in [0, 0.05) is 36.7 Å². The highest BCUT2D eigenvalue weighted by molar-refractivity contribution is 5.96. The Balaban J connectivity index is 1.34. The number of allylic oxidation sites excluding steroid dienone is 18. The van der Waals surface area contributed by atoms with E-state index in [4.69, 9.17) is 9.47 Å². The molecular formula is C62H94O6. The van der Waals surface area contributed by atoms with Gasteiger partial charge in [-0.3, -0.25) is 9.59 Å². The Bertz CT molecular complexity index is 1940. The first-order valence-corrected chi connectivity index (χ1v) is 26.5.